The highest BCUT2D eigenvalue weighted by Crippen LogP contribution is 2.19. The number of aliphatic hydroxyl groups is 1. The third-order valence-electron chi connectivity index (χ3n) is 2.73. The van der Waals surface area contributed by atoms with Crippen LogP contribution in [-0.2, 0) is 4.74 Å². The summed E-state index contributed by atoms with van der Waals surface area (Å²) < 4.78 is 5.34. The third-order valence-corrected chi connectivity index (χ3v) is 2.73. The second kappa shape index (κ2) is 5.83. The molecule has 1 saturated heterocycles. The van der Waals surface area contributed by atoms with E-state index in [9.17, 15) is 9.90 Å². The topological polar surface area (TPSA) is 49.8 Å². The fourth-order valence-corrected chi connectivity index (χ4v) is 1.81. The molecule has 0 aromatic heterocycles. The van der Waals surface area contributed by atoms with Gasteiger partial charge in [0.25, 0.3) is 0 Å². The number of piperidine rings is 1. The molecular formula is C15H25NO3. The Morgan fingerprint density at radius 1 is 1.21 bits per heavy atom. The lowest BCUT2D eigenvalue weighted by Gasteiger charge is -2.32. The molecule has 0 aromatic carbocycles. The van der Waals surface area contributed by atoms with Gasteiger partial charge >= 0.3 is 6.09 Å². The van der Waals surface area contributed by atoms with E-state index in [0.29, 0.717) is 13.1 Å². The summed E-state index contributed by atoms with van der Waals surface area (Å²) in [4.78, 5) is 13.6. The standard InChI is InChI=1S/C15H25NO3/c1-14(2,3)19-13(17)16-10-7-12(8-11-16)6-9-15(4,5)18/h12,18H,7-8,10-11H2,1-5H3. The zero-order valence-electron chi connectivity index (χ0n) is 12.6. The average molecular weight is 267 g/mol. The summed E-state index contributed by atoms with van der Waals surface area (Å²) in [5.74, 6) is 6.19. The number of hydrogen-bond donors (Lipinski definition) is 1. The molecule has 1 aliphatic rings. The van der Waals surface area contributed by atoms with Crippen molar-refractivity contribution < 1.29 is 14.6 Å². The van der Waals surface area contributed by atoms with Crippen LogP contribution in [0.15, 0.2) is 0 Å². The largest absolute Gasteiger partial charge is 0.444 e. The Labute approximate surface area is 116 Å². The fraction of sp³-hybridized carbons (Fsp3) is 0.800. The van der Waals surface area contributed by atoms with Crippen molar-refractivity contribution in [3.8, 4) is 11.8 Å². The van der Waals surface area contributed by atoms with E-state index in [0.717, 1.165) is 12.8 Å². The molecule has 1 fully saturated rings. The zero-order chi connectivity index (χ0) is 14.7. The molecule has 1 rings (SSSR count). The van der Waals surface area contributed by atoms with Crippen molar-refractivity contribution in [3.05, 3.63) is 0 Å². The minimum Gasteiger partial charge on any atom is -0.444 e. The van der Waals surface area contributed by atoms with Gasteiger partial charge in [-0.05, 0) is 47.5 Å². The molecule has 4 heteroatoms. The van der Waals surface area contributed by atoms with Crippen LogP contribution in [-0.4, -0.2) is 40.4 Å². The highest BCUT2D eigenvalue weighted by atomic mass is 16.6. The maximum atomic E-state index is 11.9. The van der Waals surface area contributed by atoms with Crippen LogP contribution in [0.4, 0.5) is 4.79 Å². The van der Waals surface area contributed by atoms with E-state index < -0.39 is 11.2 Å². The van der Waals surface area contributed by atoms with Crippen LogP contribution < -0.4 is 0 Å². The van der Waals surface area contributed by atoms with Crippen molar-refractivity contribution in [1.82, 2.24) is 4.90 Å². The van der Waals surface area contributed by atoms with Crippen LogP contribution in [0.1, 0.15) is 47.5 Å². The van der Waals surface area contributed by atoms with Crippen LogP contribution in [0.2, 0.25) is 0 Å². The van der Waals surface area contributed by atoms with Gasteiger partial charge < -0.3 is 14.7 Å². The molecule has 0 aliphatic carbocycles. The van der Waals surface area contributed by atoms with Gasteiger partial charge in [-0.15, -0.1) is 0 Å². The summed E-state index contributed by atoms with van der Waals surface area (Å²) in [6.07, 6.45) is 1.42. The quantitative estimate of drug-likeness (QED) is 0.686. The van der Waals surface area contributed by atoms with Gasteiger partial charge in [0, 0.05) is 19.0 Å². The smallest absolute Gasteiger partial charge is 0.410 e. The Morgan fingerprint density at radius 2 is 1.74 bits per heavy atom. The maximum absolute atomic E-state index is 11.9. The van der Waals surface area contributed by atoms with Crippen molar-refractivity contribution in [2.75, 3.05) is 13.1 Å². The number of nitrogens with zero attached hydrogens (tertiary/aromatic N) is 1. The first-order valence-corrected chi connectivity index (χ1v) is 6.80. The Kier molecular flexibility index (Phi) is 4.86. The molecule has 1 heterocycles. The minimum atomic E-state index is -0.942. The van der Waals surface area contributed by atoms with E-state index >= 15 is 0 Å². The predicted molar refractivity (Wildman–Crippen MR) is 74.6 cm³/mol. The predicted octanol–water partition coefficient (Wildman–Crippen LogP) is 2.41. The molecule has 0 aromatic rings. The molecule has 4 nitrogen and oxygen atoms in total. The van der Waals surface area contributed by atoms with Gasteiger partial charge in [-0.3, -0.25) is 0 Å². The molecule has 1 N–H and O–H groups in total. The van der Waals surface area contributed by atoms with Gasteiger partial charge in [-0.2, -0.15) is 0 Å². The number of likely N-dealkylation sites (tertiary alicyclic amines) is 1. The molecule has 0 saturated carbocycles. The van der Waals surface area contributed by atoms with Crippen LogP contribution in [0, 0.1) is 17.8 Å². The van der Waals surface area contributed by atoms with Crippen LogP contribution in [0.25, 0.3) is 0 Å². The van der Waals surface area contributed by atoms with E-state index in [2.05, 4.69) is 11.8 Å². The average Bonchev–Trinajstić information content (AvgIpc) is 2.23. The Morgan fingerprint density at radius 3 is 2.16 bits per heavy atom. The summed E-state index contributed by atoms with van der Waals surface area (Å²) in [5.41, 5.74) is -1.39. The summed E-state index contributed by atoms with van der Waals surface area (Å²) >= 11 is 0. The zero-order valence-corrected chi connectivity index (χ0v) is 12.6. The summed E-state index contributed by atoms with van der Waals surface area (Å²) in [5, 5.41) is 9.56. The first-order chi connectivity index (χ1) is 8.57. The van der Waals surface area contributed by atoms with Crippen LogP contribution in [0.5, 0.6) is 0 Å². The molecule has 1 amide bonds. The van der Waals surface area contributed by atoms with Gasteiger partial charge in [0.1, 0.15) is 11.2 Å². The monoisotopic (exact) mass is 267 g/mol. The van der Waals surface area contributed by atoms with Gasteiger partial charge in [0.05, 0.1) is 0 Å². The highest BCUT2D eigenvalue weighted by Gasteiger charge is 2.26. The summed E-state index contributed by atoms with van der Waals surface area (Å²) in [7, 11) is 0. The fourth-order valence-electron chi connectivity index (χ4n) is 1.81. The summed E-state index contributed by atoms with van der Waals surface area (Å²) in [6, 6.07) is 0. The Hall–Kier alpha value is -1.21. The Bertz CT molecular complexity index is 371. The van der Waals surface area contributed by atoms with Crippen molar-refractivity contribution >= 4 is 6.09 Å². The number of amides is 1. The molecule has 0 spiro atoms. The number of ether oxygens (including phenoxy) is 1. The molecule has 19 heavy (non-hydrogen) atoms. The summed E-state index contributed by atoms with van der Waals surface area (Å²) in [6.45, 7) is 10.3. The van der Waals surface area contributed by atoms with E-state index in [1.165, 1.54) is 0 Å². The molecule has 0 radical (unpaired) electrons. The van der Waals surface area contributed by atoms with E-state index in [1.54, 1.807) is 18.7 Å². The molecule has 0 atom stereocenters. The lowest BCUT2D eigenvalue weighted by Crippen LogP contribution is -2.41. The molecule has 108 valence electrons. The maximum Gasteiger partial charge on any atom is 0.410 e. The normalized spacial score (nSPS) is 17.7. The van der Waals surface area contributed by atoms with Gasteiger partial charge in [-0.1, -0.05) is 11.8 Å². The SMILES string of the molecule is CC(C)(O)C#CC1CCN(C(=O)OC(C)(C)C)CC1. The Balaban J connectivity index is 2.45. The van der Waals surface area contributed by atoms with Gasteiger partial charge in [-0.25, -0.2) is 4.79 Å². The van der Waals surface area contributed by atoms with Crippen LogP contribution >= 0.6 is 0 Å². The number of carbonyl (C=O) groups is 1. The second-order valence-electron chi connectivity index (χ2n) is 6.57. The molecule has 1 aliphatic heterocycles. The number of carbonyl (C=O) groups excluding carboxylic acids is 1. The lowest BCUT2D eigenvalue weighted by molar-refractivity contribution is 0.0199. The van der Waals surface area contributed by atoms with Crippen molar-refractivity contribution in [3.63, 3.8) is 0 Å². The number of rotatable bonds is 0. The van der Waals surface area contributed by atoms with E-state index in [1.807, 2.05) is 20.8 Å². The highest BCUT2D eigenvalue weighted by molar-refractivity contribution is 5.68. The number of hydrogen-bond acceptors (Lipinski definition) is 3. The first-order valence-electron chi connectivity index (χ1n) is 6.80. The molecule has 0 bridgehead atoms. The molecular weight excluding hydrogens is 242 g/mol. The van der Waals surface area contributed by atoms with Crippen molar-refractivity contribution in [2.45, 2.75) is 58.7 Å². The van der Waals surface area contributed by atoms with Crippen molar-refractivity contribution in [1.29, 1.82) is 0 Å². The van der Waals surface area contributed by atoms with E-state index in [-0.39, 0.29) is 12.0 Å². The van der Waals surface area contributed by atoms with Crippen molar-refractivity contribution in [2.24, 2.45) is 5.92 Å². The first kappa shape index (κ1) is 15.8. The van der Waals surface area contributed by atoms with Gasteiger partial charge in [0.15, 0.2) is 0 Å². The van der Waals surface area contributed by atoms with Gasteiger partial charge in [0.2, 0.25) is 0 Å². The lowest BCUT2D eigenvalue weighted by atomic mass is 9.96. The van der Waals surface area contributed by atoms with Crippen LogP contribution in [0.3, 0.4) is 0 Å². The third kappa shape index (κ3) is 6.49. The second-order valence-corrected chi connectivity index (χ2v) is 6.57. The minimum absolute atomic E-state index is 0.249. The van der Waals surface area contributed by atoms with E-state index in [4.69, 9.17) is 4.74 Å². The molecule has 0 unspecified atom stereocenters.